The van der Waals surface area contributed by atoms with Crippen molar-refractivity contribution in [3.63, 3.8) is 0 Å². The molecule has 4 rings (SSSR count). The molecular formula is C27H24I2O5. The van der Waals surface area contributed by atoms with Crippen LogP contribution in [0.1, 0.15) is 53.4 Å². The number of carbonyl (C=O) groups excluding carboxylic acids is 1. The van der Waals surface area contributed by atoms with Crippen molar-refractivity contribution in [1.82, 2.24) is 0 Å². The first-order valence-electron chi connectivity index (χ1n) is 11.1. The summed E-state index contributed by atoms with van der Waals surface area (Å²) in [5.74, 6) is 0.826. The van der Waals surface area contributed by atoms with Crippen molar-refractivity contribution in [1.29, 1.82) is 0 Å². The van der Waals surface area contributed by atoms with Crippen molar-refractivity contribution in [2.45, 2.75) is 39.2 Å². The van der Waals surface area contributed by atoms with Gasteiger partial charge in [-0.25, -0.2) is 0 Å². The lowest BCUT2D eigenvalue weighted by Crippen LogP contribution is -2.05. The summed E-state index contributed by atoms with van der Waals surface area (Å²) in [5.41, 5.74) is 2.40. The van der Waals surface area contributed by atoms with Crippen LogP contribution in [0.5, 0.6) is 17.2 Å². The largest absolute Gasteiger partial charge is 0.506 e. The van der Waals surface area contributed by atoms with Gasteiger partial charge in [-0.2, -0.15) is 0 Å². The number of rotatable bonds is 9. The van der Waals surface area contributed by atoms with Gasteiger partial charge in [0.1, 0.15) is 23.7 Å². The summed E-state index contributed by atoms with van der Waals surface area (Å²) in [6.45, 7) is 2.43. The van der Waals surface area contributed by atoms with Crippen LogP contribution in [0, 0.1) is 7.14 Å². The van der Waals surface area contributed by atoms with Gasteiger partial charge in [-0.05, 0) is 75.4 Å². The molecule has 1 heterocycles. The lowest BCUT2D eigenvalue weighted by atomic mass is 9.98. The van der Waals surface area contributed by atoms with Crippen LogP contribution in [0.15, 0.2) is 59.0 Å². The molecule has 0 unspecified atom stereocenters. The molecular weight excluding hydrogens is 658 g/mol. The van der Waals surface area contributed by atoms with E-state index < -0.39 is 0 Å². The second-order valence-electron chi connectivity index (χ2n) is 8.07. The van der Waals surface area contributed by atoms with Crippen molar-refractivity contribution in [2.75, 3.05) is 0 Å². The fourth-order valence-corrected chi connectivity index (χ4v) is 5.58. The van der Waals surface area contributed by atoms with Crippen LogP contribution in [0.2, 0.25) is 0 Å². The van der Waals surface area contributed by atoms with E-state index in [0.29, 0.717) is 53.8 Å². The maximum Gasteiger partial charge on any atom is 0.197 e. The summed E-state index contributed by atoms with van der Waals surface area (Å²) >= 11 is 4.04. The Labute approximate surface area is 225 Å². The molecule has 1 aromatic heterocycles. The number of hydrogen-bond acceptors (Lipinski definition) is 5. The molecule has 176 valence electrons. The van der Waals surface area contributed by atoms with E-state index in [0.717, 1.165) is 24.8 Å². The van der Waals surface area contributed by atoms with Gasteiger partial charge >= 0.3 is 0 Å². The molecule has 0 aliphatic rings. The minimum Gasteiger partial charge on any atom is -0.506 e. The molecule has 0 saturated heterocycles. The van der Waals surface area contributed by atoms with E-state index in [2.05, 4.69) is 6.92 Å². The molecule has 0 radical (unpaired) electrons. The molecule has 0 aliphatic heterocycles. The fraction of sp³-hybridized carbons (Fsp3) is 0.222. The zero-order chi connectivity index (χ0) is 24.2. The van der Waals surface area contributed by atoms with Crippen molar-refractivity contribution >= 4 is 61.9 Å². The van der Waals surface area contributed by atoms with Gasteiger partial charge in [-0.1, -0.05) is 50.1 Å². The fourth-order valence-electron chi connectivity index (χ4n) is 3.82. The highest BCUT2D eigenvalue weighted by Gasteiger charge is 2.25. The first kappa shape index (κ1) is 24.8. The number of benzene rings is 3. The molecule has 7 heteroatoms. The summed E-state index contributed by atoms with van der Waals surface area (Å²) in [5, 5.41) is 21.4. The summed E-state index contributed by atoms with van der Waals surface area (Å²) in [7, 11) is 0. The van der Waals surface area contributed by atoms with Gasteiger partial charge < -0.3 is 19.4 Å². The molecule has 0 bridgehead atoms. The Morgan fingerprint density at radius 2 is 1.71 bits per heavy atom. The van der Waals surface area contributed by atoms with Crippen molar-refractivity contribution in [3.8, 4) is 17.2 Å². The van der Waals surface area contributed by atoms with E-state index in [-0.39, 0.29) is 17.3 Å². The number of aromatic hydroxyl groups is 2. The van der Waals surface area contributed by atoms with Crippen LogP contribution < -0.4 is 4.74 Å². The molecule has 5 nitrogen and oxygen atoms in total. The lowest BCUT2D eigenvalue weighted by molar-refractivity contribution is 0.103. The monoisotopic (exact) mass is 682 g/mol. The Hall–Kier alpha value is -2.27. The minimum atomic E-state index is -0.196. The van der Waals surface area contributed by atoms with Gasteiger partial charge in [0.15, 0.2) is 17.3 Å². The number of furan rings is 1. The standard InChI is InChI=1S/C27H24I2O5/c1-2-3-5-10-22-25(26(31)17-11-19(28)27(32)20(29)12-17)18-13-21(30)24(14-23(18)34-22)33-15-16-8-6-4-7-9-16/h4,6-9,11-14,30,32H,2-3,5,10,15H2,1H3. The first-order valence-corrected chi connectivity index (χ1v) is 13.2. The smallest absolute Gasteiger partial charge is 0.197 e. The second kappa shape index (κ2) is 11.0. The molecule has 4 aromatic rings. The van der Waals surface area contributed by atoms with Crippen LogP contribution in [0.25, 0.3) is 11.0 Å². The molecule has 0 amide bonds. The van der Waals surface area contributed by atoms with E-state index in [9.17, 15) is 15.0 Å². The number of carbonyl (C=O) groups is 1. The van der Waals surface area contributed by atoms with E-state index >= 15 is 0 Å². The number of aryl methyl sites for hydroxylation is 1. The average molecular weight is 682 g/mol. The number of hydrogen-bond donors (Lipinski definition) is 2. The highest BCUT2D eigenvalue weighted by Crippen LogP contribution is 2.38. The Balaban J connectivity index is 1.75. The van der Waals surface area contributed by atoms with Gasteiger partial charge in [-0.15, -0.1) is 0 Å². The Kier molecular flexibility index (Phi) is 8.02. The van der Waals surface area contributed by atoms with Crippen LogP contribution >= 0.6 is 45.2 Å². The third-order valence-electron chi connectivity index (χ3n) is 5.59. The van der Waals surface area contributed by atoms with Gasteiger partial charge in [0.05, 0.1) is 12.7 Å². The van der Waals surface area contributed by atoms with Crippen LogP contribution in [-0.4, -0.2) is 16.0 Å². The molecule has 3 aromatic carbocycles. The van der Waals surface area contributed by atoms with Crippen molar-refractivity contribution in [3.05, 3.63) is 84.2 Å². The minimum absolute atomic E-state index is 0.0479. The molecule has 0 spiro atoms. The number of fused-ring (bicyclic) bond motifs is 1. The third-order valence-corrected chi connectivity index (χ3v) is 7.24. The Morgan fingerprint density at radius 3 is 2.38 bits per heavy atom. The summed E-state index contributed by atoms with van der Waals surface area (Å²) in [4.78, 5) is 13.6. The highest BCUT2D eigenvalue weighted by atomic mass is 127. The van der Waals surface area contributed by atoms with Gasteiger partial charge in [0.2, 0.25) is 0 Å². The summed E-state index contributed by atoms with van der Waals surface area (Å²) in [6.07, 6.45) is 3.59. The van der Waals surface area contributed by atoms with E-state index in [4.69, 9.17) is 9.15 Å². The highest BCUT2D eigenvalue weighted by molar-refractivity contribution is 14.1. The maximum atomic E-state index is 13.6. The SMILES string of the molecule is CCCCCc1oc2cc(OCc3ccccc3)c(O)cc2c1C(=O)c1cc(I)c(O)c(I)c1. The molecule has 0 saturated carbocycles. The topological polar surface area (TPSA) is 79.9 Å². The van der Waals surface area contributed by atoms with Crippen LogP contribution in [0.4, 0.5) is 0 Å². The number of halogens is 2. The molecule has 0 aliphatic carbocycles. The van der Waals surface area contributed by atoms with Crippen molar-refractivity contribution in [2.24, 2.45) is 0 Å². The number of phenols is 2. The third kappa shape index (κ3) is 5.35. The van der Waals surface area contributed by atoms with E-state index in [1.165, 1.54) is 0 Å². The summed E-state index contributed by atoms with van der Waals surface area (Å²) < 4.78 is 13.2. The van der Waals surface area contributed by atoms with Gasteiger partial charge in [0, 0.05) is 23.4 Å². The van der Waals surface area contributed by atoms with Crippen LogP contribution in [0.3, 0.4) is 0 Å². The zero-order valence-electron chi connectivity index (χ0n) is 18.6. The number of unbranched alkanes of at least 4 members (excludes halogenated alkanes) is 2. The Morgan fingerprint density at radius 1 is 1.00 bits per heavy atom. The lowest BCUT2D eigenvalue weighted by Gasteiger charge is -2.09. The number of phenolic OH excluding ortho intramolecular Hbond substituents is 2. The maximum absolute atomic E-state index is 13.6. The molecule has 34 heavy (non-hydrogen) atoms. The van der Waals surface area contributed by atoms with Crippen molar-refractivity contribution < 1.29 is 24.2 Å². The second-order valence-corrected chi connectivity index (χ2v) is 10.4. The zero-order valence-corrected chi connectivity index (χ0v) is 22.9. The van der Waals surface area contributed by atoms with E-state index in [1.54, 1.807) is 24.3 Å². The van der Waals surface area contributed by atoms with Gasteiger partial charge in [0.25, 0.3) is 0 Å². The molecule has 2 N–H and O–H groups in total. The molecule has 0 atom stereocenters. The number of ether oxygens (including phenoxy) is 1. The predicted octanol–water partition coefficient (Wildman–Crippen LogP) is 7.60. The van der Waals surface area contributed by atoms with Crippen LogP contribution in [-0.2, 0) is 13.0 Å². The summed E-state index contributed by atoms with van der Waals surface area (Å²) in [6, 6.07) is 16.2. The quantitative estimate of drug-likeness (QED) is 0.108. The van der Waals surface area contributed by atoms with Gasteiger partial charge in [-0.3, -0.25) is 4.79 Å². The van der Waals surface area contributed by atoms with E-state index in [1.807, 2.05) is 75.5 Å². The normalized spacial score (nSPS) is 11.1. The average Bonchev–Trinajstić information content (AvgIpc) is 3.17. The predicted molar refractivity (Wildman–Crippen MR) is 149 cm³/mol. The molecule has 0 fully saturated rings. The first-order chi connectivity index (χ1) is 16.4. The Bertz CT molecular complexity index is 1310. The number of ketones is 1.